The number of fused-ring (bicyclic) bond motifs is 1. The van der Waals surface area contributed by atoms with Crippen LogP contribution in [-0.4, -0.2) is 5.97 Å². The third-order valence-electron chi connectivity index (χ3n) is 3.62. The molecule has 2 aromatic carbocycles. The summed E-state index contributed by atoms with van der Waals surface area (Å²) in [6, 6.07) is 8.85. The third-order valence-corrected chi connectivity index (χ3v) is 4.46. The number of aryl methyl sites for hydroxylation is 1. The van der Waals surface area contributed by atoms with Crippen molar-refractivity contribution in [1.82, 2.24) is 0 Å². The molecule has 0 aliphatic rings. The van der Waals surface area contributed by atoms with Crippen LogP contribution in [-0.2, 0) is 6.42 Å². The first-order valence-electron chi connectivity index (χ1n) is 7.32. The predicted molar refractivity (Wildman–Crippen MR) is 98.3 cm³/mol. The Hall–Kier alpha value is -2.01. The van der Waals surface area contributed by atoms with Crippen molar-refractivity contribution < 1.29 is 13.9 Å². The van der Waals surface area contributed by atoms with Crippen LogP contribution in [0.5, 0.6) is 5.75 Å². The normalized spacial score (nSPS) is 10.9. The van der Waals surface area contributed by atoms with E-state index in [0.717, 1.165) is 5.56 Å². The molecular formula is C18H11Cl3O4. The predicted octanol–water partition coefficient (Wildman–Crippen LogP) is 5.53. The molecule has 7 heteroatoms. The number of halogens is 3. The fourth-order valence-electron chi connectivity index (χ4n) is 2.41. The van der Waals surface area contributed by atoms with Gasteiger partial charge in [0, 0.05) is 22.5 Å². The molecule has 0 saturated carbocycles. The maximum atomic E-state index is 12.3. The van der Waals surface area contributed by atoms with Crippen LogP contribution >= 0.6 is 34.8 Å². The first-order valence-corrected chi connectivity index (χ1v) is 8.46. The molecule has 128 valence electrons. The molecule has 0 radical (unpaired) electrons. The molecule has 0 saturated heterocycles. The van der Waals surface area contributed by atoms with E-state index >= 15 is 0 Å². The molecule has 25 heavy (non-hydrogen) atoms. The van der Waals surface area contributed by atoms with Crippen LogP contribution in [0.25, 0.3) is 11.0 Å². The lowest BCUT2D eigenvalue weighted by Gasteiger charge is -2.10. The Morgan fingerprint density at radius 2 is 1.84 bits per heavy atom. The molecule has 3 aromatic rings. The molecule has 3 rings (SSSR count). The molecular weight excluding hydrogens is 387 g/mol. The van der Waals surface area contributed by atoms with Gasteiger partial charge in [-0.1, -0.05) is 41.7 Å². The van der Waals surface area contributed by atoms with Crippen molar-refractivity contribution in [2.24, 2.45) is 0 Å². The molecule has 0 bridgehead atoms. The van der Waals surface area contributed by atoms with Crippen molar-refractivity contribution in [2.45, 2.75) is 13.3 Å². The van der Waals surface area contributed by atoms with E-state index in [9.17, 15) is 9.59 Å². The van der Waals surface area contributed by atoms with E-state index in [1.54, 1.807) is 6.07 Å². The molecule has 1 heterocycles. The lowest BCUT2D eigenvalue weighted by atomic mass is 10.1. The zero-order chi connectivity index (χ0) is 18.1. The maximum Gasteiger partial charge on any atom is 0.345 e. The SMILES string of the molecule is CCc1cc(=O)oc2cc(OC(=O)c3ccc(Cl)cc3Cl)c(Cl)cc12. The van der Waals surface area contributed by atoms with Gasteiger partial charge in [-0.3, -0.25) is 0 Å². The van der Waals surface area contributed by atoms with Crippen LogP contribution in [0.2, 0.25) is 15.1 Å². The number of rotatable bonds is 3. The van der Waals surface area contributed by atoms with Crippen LogP contribution in [0, 0.1) is 0 Å². The number of ether oxygens (including phenoxy) is 1. The van der Waals surface area contributed by atoms with E-state index in [1.807, 2.05) is 6.92 Å². The number of hydrogen-bond donors (Lipinski definition) is 0. The minimum Gasteiger partial charge on any atom is -0.423 e. The van der Waals surface area contributed by atoms with Crippen LogP contribution in [0.3, 0.4) is 0 Å². The monoisotopic (exact) mass is 396 g/mol. The Bertz CT molecular complexity index is 1040. The number of hydrogen-bond acceptors (Lipinski definition) is 4. The Balaban J connectivity index is 2.02. The van der Waals surface area contributed by atoms with Gasteiger partial charge in [-0.15, -0.1) is 0 Å². The summed E-state index contributed by atoms with van der Waals surface area (Å²) in [6.45, 7) is 1.92. The first kappa shape index (κ1) is 17.8. The third kappa shape index (κ3) is 3.66. The minimum absolute atomic E-state index is 0.0709. The van der Waals surface area contributed by atoms with Crippen molar-refractivity contribution in [2.75, 3.05) is 0 Å². The highest BCUT2D eigenvalue weighted by molar-refractivity contribution is 6.36. The van der Waals surface area contributed by atoms with Gasteiger partial charge < -0.3 is 9.15 Å². The van der Waals surface area contributed by atoms with Crippen molar-refractivity contribution in [1.29, 1.82) is 0 Å². The van der Waals surface area contributed by atoms with E-state index in [4.69, 9.17) is 44.0 Å². The molecule has 0 spiro atoms. The van der Waals surface area contributed by atoms with Gasteiger partial charge >= 0.3 is 11.6 Å². The van der Waals surface area contributed by atoms with Gasteiger partial charge in [-0.2, -0.15) is 0 Å². The second-order valence-electron chi connectivity index (χ2n) is 5.24. The van der Waals surface area contributed by atoms with Crippen molar-refractivity contribution in [3.8, 4) is 5.75 Å². The average Bonchev–Trinajstić information content (AvgIpc) is 2.55. The van der Waals surface area contributed by atoms with Crippen molar-refractivity contribution >= 4 is 51.7 Å². The highest BCUT2D eigenvalue weighted by atomic mass is 35.5. The molecule has 0 amide bonds. The van der Waals surface area contributed by atoms with Gasteiger partial charge in [0.2, 0.25) is 0 Å². The first-order chi connectivity index (χ1) is 11.9. The summed E-state index contributed by atoms with van der Waals surface area (Å²) in [5, 5.41) is 1.47. The molecule has 4 nitrogen and oxygen atoms in total. The molecule has 0 unspecified atom stereocenters. The number of esters is 1. The quantitative estimate of drug-likeness (QED) is 0.331. The standard InChI is InChI=1S/C18H11Cl3O4/c1-2-9-5-17(22)24-15-8-16(14(21)7-12(9)15)25-18(23)11-4-3-10(19)6-13(11)20/h3-8H,2H2,1H3. The van der Waals surface area contributed by atoms with Gasteiger partial charge in [0.1, 0.15) is 5.58 Å². The summed E-state index contributed by atoms with van der Waals surface area (Å²) < 4.78 is 10.5. The van der Waals surface area contributed by atoms with Crippen LogP contribution in [0.4, 0.5) is 0 Å². The van der Waals surface area contributed by atoms with Gasteiger partial charge in [-0.05, 0) is 36.2 Å². The molecule has 1 aromatic heterocycles. The Morgan fingerprint density at radius 1 is 1.08 bits per heavy atom. The fraction of sp³-hybridized carbons (Fsp3) is 0.111. The van der Waals surface area contributed by atoms with E-state index in [0.29, 0.717) is 22.4 Å². The summed E-state index contributed by atoms with van der Waals surface area (Å²) in [7, 11) is 0. The second kappa shape index (κ2) is 7.08. The van der Waals surface area contributed by atoms with Crippen molar-refractivity contribution in [3.63, 3.8) is 0 Å². The van der Waals surface area contributed by atoms with Gasteiger partial charge in [-0.25, -0.2) is 9.59 Å². The summed E-state index contributed by atoms with van der Waals surface area (Å²) in [5.74, 6) is -0.626. The molecule has 0 aliphatic carbocycles. The number of carbonyl (C=O) groups excluding carboxylic acids is 1. The number of carbonyl (C=O) groups is 1. The van der Waals surface area contributed by atoms with Gasteiger partial charge in [0.25, 0.3) is 0 Å². The molecule has 0 atom stereocenters. The topological polar surface area (TPSA) is 56.5 Å². The molecule has 0 fully saturated rings. The highest BCUT2D eigenvalue weighted by Gasteiger charge is 2.17. The van der Waals surface area contributed by atoms with E-state index in [1.165, 1.54) is 30.3 Å². The zero-order valence-electron chi connectivity index (χ0n) is 12.9. The summed E-state index contributed by atoms with van der Waals surface area (Å²) in [5.41, 5.74) is 0.751. The summed E-state index contributed by atoms with van der Waals surface area (Å²) >= 11 is 18.0. The fourth-order valence-corrected chi connectivity index (χ4v) is 3.10. The maximum absolute atomic E-state index is 12.3. The minimum atomic E-state index is -0.697. The largest absolute Gasteiger partial charge is 0.423 e. The summed E-state index contributed by atoms with van der Waals surface area (Å²) in [6.07, 6.45) is 0.637. The van der Waals surface area contributed by atoms with Gasteiger partial charge in [0.05, 0.1) is 15.6 Å². The molecule has 0 aliphatic heterocycles. The van der Waals surface area contributed by atoms with Crippen LogP contribution < -0.4 is 10.4 Å². The average molecular weight is 398 g/mol. The van der Waals surface area contributed by atoms with Gasteiger partial charge in [0.15, 0.2) is 5.75 Å². The van der Waals surface area contributed by atoms with E-state index in [2.05, 4.69) is 0 Å². The Kier molecular flexibility index (Phi) is 5.04. The lowest BCUT2D eigenvalue weighted by molar-refractivity contribution is 0.0735. The Morgan fingerprint density at radius 3 is 2.52 bits per heavy atom. The van der Waals surface area contributed by atoms with E-state index in [-0.39, 0.29) is 21.4 Å². The van der Waals surface area contributed by atoms with E-state index < -0.39 is 11.6 Å². The number of benzene rings is 2. The zero-order valence-corrected chi connectivity index (χ0v) is 15.2. The highest BCUT2D eigenvalue weighted by Crippen LogP contribution is 2.32. The van der Waals surface area contributed by atoms with Crippen LogP contribution in [0.1, 0.15) is 22.8 Å². The second-order valence-corrected chi connectivity index (χ2v) is 6.49. The Labute approximate surface area is 157 Å². The summed E-state index contributed by atoms with van der Waals surface area (Å²) in [4.78, 5) is 24.0. The van der Waals surface area contributed by atoms with Crippen LogP contribution in [0.15, 0.2) is 45.6 Å². The molecule has 0 N–H and O–H groups in total. The lowest BCUT2D eigenvalue weighted by Crippen LogP contribution is -2.10. The van der Waals surface area contributed by atoms with Crippen molar-refractivity contribution in [3.05, 3.63) is 73.0 Å². The smallest absolute Gasteiger partial charge is 0.345 e.